The molecule has 0 bridgehead atoms. The number of carbonyl (C=O) groups is 1. The predicted octanol–water partition coefficient (Wildman–Crippen LogP) is 3.66. The number of morpholine rings is 1. The summed E-state index contributed by atoms with van der Waals surface area (Å²) < 4.78 is 5.51. The van der Waals surface area contributed by atoms with Crippen LogP contribution in [0.1, 0.15) is 56.6 Å². The lowest BCUT2D eigenvalue weighted by Crippen LogP contribution is -2.43. The third-order valence-electron chi connectivity index (χ3n) is 7.16. The molecule has 3 fully saturated rings. The SMILES string of the molecule is O=C(C1CCCCC1)N1CCC[C@@H](c2nc(N3CCOCC3)ncc2-c2ccncc2)C1. The molecule has 0 spiro atoms. The summed E-state index contributed by atoms with van der Waals surface area (Å²) in [5, 5.41) is 0. The van der Waals surface area contributed by atoms with E-state index in [1.807, 2.05) is 30.7 Å². The number of ether oxygens (including phenoxy) is 1. The fraction of sp³-hybridized carbons (Fsp3) is 0.600. The van der Waals surface area contributed by atoms with Gasteiger partial charge >= 0.3 is 0 Å². The number of piperidine rings is 1. The third kappa shape index (κ3) is 4.63. The zero-order valence-corrected chi connectivity index (χ0v) is 18.8. The second-order valence-corrected chi connectivity index (χ2v) is 9.26. The van der Waals surface area contributed by atoms with Crippen molar-refractivity contribution in [1.29, 1.82) is 0 Å². The van der Waals surface area contributed by atoms with Crippen molar-refractivity contribution < 1.29 is 9.53 Å². The van der Waals surface area contributed by atoms with Gasteiger partial charge in [0, 0.05) is 62.2 Å². The van der Waals surface area contributed by atoms with E-state index in [1.54, 1.807) is 0 Å². The Kier molecular flexibility index (Phi) is 6.62. The van der Waals surface area contributed by atoms with Gasteiger partial charge in [0.1, 0.15) is 0 Å². The van der Waals surface area contributed by atoms with E-state index in [9.17, 15) is 4.79 Å². The molecule has 32 heavy (non-hydrogen) atoms. The summed E-state index contributed by atoms with van der Waals surface area (Å²) in [5.41, 5.74) is 3.20. The Bertz CT molecular complexity index is 910. The fourth-order valence-electron chi connectivity index (χ4n) is 5.37. The molecule has 5 rings (SSSR count). The molecule has 170 valence electrons. The minimum Gasteiger partial charge on any atom is -0.378 e. The van der Waals surface area contributed by atoms with E-state index in [0.29, 0.717) is 19.1 Å². The molecule has 1 saturated carbocycles. The van der Waals surface area contributed by atoms with E-state index in [1.165, 1.54) is 19.3 Å². The van der Waals surface area contributed by atoms with E-state index in [4.69, 9.17) is 14.7 Å². The number of amides is 1. The van der Waals surface area contributed by atoms with Crippen molar-refractivity contribution in [1.82, 2.24) is 19.9 Å². The largest absolute Gasteiger partial charge is 0.378 e. The first-order valence-corrected chi connectivity index (χ1v) is 12.2. The van der Waals surface area contributed by atoms with Crippen molar-refractivity contribution in [3.8, 4) is 11.1 Å². The molecule has 0 aromatic carbocycles. The Labute approximate surface area is 190 Å². The molecule has 0 radical (unpaired) electrons. The Morgan fingerprint density at radius 3 is 2.53 bits per heavy atom. The molecule has 2 aromatic rings. The Balaban J connectivity index is 1.43. The molecule has 0 N–H and O–H groups in total. The van der Waals surface area contributed by atoms with Crippen LogP contribution in [0.15, 0.2) is 30.7 Å². The average Bonchev–Trinajstić information content (AvgIpc) is 2.89. The Hall–Kier alpha value is -2.54. The summed E-state index contributed by atoms with van der Waals surface area (Å²) in [6.45, 7) is 4.66. The highest BCUT2D eigenvalue weighted by molar-refractivity contribution is 5.79. The molecule has 4 heterocycles. The summed E-state index contributed by atoms with van der Waals surface area (Å²) in [4.78, 5) is 31.6. The molecule has 1 amide bonds. The van der Waals surface area contributed by atoms with E-state index >= 15 is 0 Å². The van der Waals surface area contributed by atoms with Crippen molar-refractivity contribution in [2.24, 2.45) is 5.92 Å². The number of rotatable bonds is 4. The normalized spacial score (nSPS) is 22.7. The van der Waals surface area contributed by atoms with Crippen LogP contribution in [0.5, 0.6) is 0 Å². The molecule has 1 aliphatic carbocycles. The zero-order chi connectivity index (χ0) is 21.8. The number of carbonyl (C=O) groups excluding carboxylic acids is 1. The smallest absolute Gasteiger partial charge is 0.225 e. The molecular weight excluding hydrogens is 402 g/mol. The molecule has 7 nitrogen and oxygen atoms in total. The first-order chi connectivity index (χ1) is 15.8. The third-order valence-corrected chi connectivity index (χ3v) is 7.16. The monoisotopic (exact) mass is 435 g/mol. The van der Waals surface area contributed by atoms with E-state index in [2.05, 4.69) is 14.8 Å². The quantitative estimate of drug-likeness (QED) is 0.730. The average molecular weight is 436 g/mol. The van der Waals surface area contributed by atoms with Gasteiger partial charge in [-0.1, -0.05) is 19.3 Å². The highest BCUT2D eigenvalue weighted by Gasteiger charge is 2.32. The van der Waals surface area contributed by atoms with Crippen LogP contribution in [0.3, 0.4) is 0 Å². The number of hydrogen-bond acceptors (Lipinski definition) is 6. The van der Waals surface area contributed by atoms with Gasteiger partial charge in [0.25, 0.3) is 0 Å². The lowest BCUT2D eigenvalue weighted by atomic mass is 9.86. The molecule has 1 atom stereocenters. The van der Waals surface area contributed by atoms with Gasteiger partial charge in [0.15, 0.2) is 0 Å². The van der Waals surface area contributed by atoms with Gasteiger partial charge in [0.2, 0.25) is 11.9 Å². The molecule has 2 aromatic heterocycles. The fourth-order valence-corrected chi connectivity index (χ4v) is 5.37. The summed E-state index contributed by atoms with van der Waals surface area (Å²) in [6, 6.07) is 4.04. The van der Waals surface area contributed by atoms with E-state index in [-0.39, 0.29) is 11.8 Å². The van der Waals surface area contributed by atoms with Crippen LogP contribution in [0, 0.1) is 5.92 Å². The first-order valence-electron chi connectivity index (χ1n) is 12.2. The van der Waals surface area contributed by atoms with Crippen molar-refractivity contribution >= 4 is 11.9 Å². The second-order valence-electron chi connectivity index (χ2n) is 9.26. The number of likely N-dealkylation sites (tertiary alicyclic amines) is 1. The molecule has 7 heteroatoms. The van der Waals surface area contributed by atoms with E-state index < -0.39 is 0 Å². The van der Waals surface area contributed by atoms with Gasteiger partial charge in [-0.25, -0.2) is 9.97 Å². The maximum absolute atomic E-state index is 13.3. The van der Waals surface area contributed by atoms with Gasteiger partial charge in [-0.2, -0.15) is 0 Å². The van der Waals surface area contributed by atoms with Gasteiger partial charge < -0.3 is 14.5 Å². The van der Waals surface area contributed by atoms with Crippen molar-refractivity contribution in [2.75, 3.05) is 44.3 Å². The van der Waals surface area contributed by atoms with Crippen molar-refractivity contribution in [3.63, 3.8) is 0 Å². The van der Waals surface area contributed by atoms with Crippen LogP contribution < -0.4 is 4.90 Å². The zero-order valence-electron chi connectivity index (χ0n) is 18.8. The topological polar surface area (TPSA) is 71.5 Å². The molecule has 3 aliphatic rings. The summed E-state index contributed by atoms with van der Waals surface area (Å²) >= 11 is 0. The number of anilines is 1. The summed E-state index contributed by atoms with van der Waals surface area (Å²) in [7, 11) is 0. The van der Waals surface area contributed by atoms with Gasteiger partial charge in [-0.15, -0.1) is 0 Å². The minimum atomic E-state index is 0.219. The predicted molar refractivity (Wildman–Crippen MR) is 123 cm³/mol. The Morgan fingerprint density at radius 1 is 0.969 bits per heavy atom. The molecular formula is C25H33N5O2. The second kappa shape index (κ2) is 9.94. The number of pyridine rings is 1. The van der Waals surface area contributed by atoms with Crippen molar-refractivity contribution in [2.45, 2.75) is 50.9 Å². The van der Waals surface area contributed by atoms with Gasteiger partial charge in [0.05, 0.1) is 18.9 Å². The Morgan fingerprint density at radius 2 is 1.75 bits per heavy atom. The van der Waals surface area contributed by atoms with E-state index in [0.717, 1.165) is 74.6 Å². The van der Waals surface area contributed by atoms with Crippen LogP contribution in [0.25, 0.3) is 11.1 Å². The van der Waals surface area contributed by atoms with Gasteiger partial charge in [-0.3, -0.25) is 9.78 Å². The van der Waals surface area contributed by atoms with Crippen molar-refractivity contribution in [3.05, 3.63) is 36.4 Å². The van der Waals surface area contributed by atoms with Crippen LogP contribution in [0.2, 0.25) is 0 Å². The molecule has 2 aliphatic heterocycles. The highest BCUT2D eigenvalue weighted by atomic mass is 16.5. The maximum Gasteiger partial charge on any atom is 0.225 e. The van der Waals surface area contributed by atoms with Crippen LogP contribution in [-0.2, 0) is 9.53 Å². The van der Waals surface area contributed by atoms with Crippen LogP contribution in [0.4, 0.5) is 5.95 Å². The standard InChI is InChI=1S/C25H33N5O2/c31-24(20-5-2-1-3-6-20)30-12-4-7-21(18-30)23-22(19-8-10-26-11-9-19)17-27-25(28-23)29-13-15-32-16-14-29/h8-11,17,20-21H,1-7,12-16,18H2/t21-/m1/s1. The number of nitrogens with zero attached hydrogens (tertiary/aromatic N) is 5. The lowest BCUT2D eigenvalue weighted by Gasteiger charge is -2.36. The first kappa shape index (κ1) is 21.3. The van der Waals surface area contributed by atoms with Gasteiger partial charge in [-0.05, 0) is 43.4 Å². The summed E-state index contributed by atoms with van der Waals surface area (Å²) in [5.74, 6) is 1.58. The van der Waals surface area contributed by atoms with Crippen LogP contribution in [-0.4, -0.2) is 65.2 Å². The summed E-state index contributed by atoms with van der Waals surface area (Å²) in [6.07, 6.45) is 13.4. The molecule has 0 unspecified atom stereocenters. The highest BCUT2D eigenvalue weighted by Crippen LogP contribution is 2.35. The minimum absolute atomic E-state index is 0.219. The molecule has 2 saturated heterocycles. The lowest BCUT2D eigenvalue weighted by molar-refractivity contribution is -0.137. The maximum atomic E-state index is 13.3. The van der Waals surface area contributed by atoms with Crippen LogP contribution >= 0.6 is 0 Å². The number of hydrogen-bond donors (Lipinski definition) is 0. The number of aromatic nitrogens is 3.